The van der Waals surface area contributed by atoms with Gasteiger partial charge in [0.25, 0.3) is 11.1 Å². The van der Waals surface area contributed by atoms with Crippen LogP contribution in [0.4, 0.5) is 5.69 Å². The van der Waals surface area contributed by atoms with E-state index in [4.69, 9.17) is 65.8 Å². The third kappa shape index (κ3) is 27.7. The highest BCUT2D eigenvalue weighted by Gasteiger charge is 2.32. The molecular formula is C105H103ClN11O14S9-3. The number of fused-ring (bicyclic) bond motifs is 9. The lowest BCUT2D eigenvalue weighted by atomic mass is 9.94. The fraction of sp³-hybridized carbons (Fsp3) is 0.305. The van der Waals surface area contributed by atoms with Gasteiger partial charge in [-0.25, -0.2) is 39.9 Å². The van der Waals surface area contributed by atoms with Gasteiger partial charge in [0.15, 0.2) is 27.8 Å². The van der Waals surface area contributed by atoms with Crippen LogP contribution in [0.25, 0.3) is 85.9 Å². The number of ether oxygens (including phenoxy) is 3. The second kappa shape index (κ2) is 49.3. The first kappa shape index (κ1) is 104. The van der Waals surface area contributed by atoms with Gasteiger partial charge in [-0.3, -0.25) is 28.3 Å². The third-order valence-corrected chi connectivity index (χ3v) is 31.9. The zero-order chi connectivity index (χ0) is 99.3. The summed E-state index contributed by atoms with van der Waals surface area (Å²) in [4.78, 5) is 124. The Hall–Kier alpha value is -11.4. The molecule has 1 aliphatic carbocycles. The number of methoxy groups -OCH3 is 1. The quantitative estimate of drug-likeness (QED) is 0.0167. The minimum atomic E-state index is -1.29. The third-order valence-electron chi connectivity index (χ3n) is 22.5. The number of hydrogen-bond donors (Lipinski definition) is 2. The Morgan fingerprint density at radius 2 is 1.18 bits per heavy atom. The van der Waals surface area contributed by atoms with Crippen molar-refractivity contribution in [2.24, 2.45) is 5.92 Å². The number of carbonyl (C=O) groups is 5. The van der Waals surface area contributed by atoms with E-state index in [-0.39, 0.29) is 51.9 Å². The van der Waals surface area contributed by atoms with E-state index in [0.29, 0.717) is 99.4 Å². The SMILES string of the molecule is CCCCOc1ccc(-c2nc(SCC(=O)[O-])c3c4c(sc3n2)COC(C)(C)C4)cc1.CCc1ccc2nc(-c3cccc(C)c3)nc(SCC(=O)Nc3cccc(C(=O)[O-])c3)c2c1.COc1ccc(-c2nc(SCC(=O)[O-])c3c4c(sc3n2)CCCC4)cc1.Cc1ccc(C)c(CSc2nc3ccsc3c(=O)n2CC(C)C)c1.O=C(O)CCCCn1c(SCc2ccccc2Cl)nc2ccsc2c1=O. The summed E-state index contributed by atoms with van der Waals surface area (Å²) >= 11 is 19.2. The number of halogens is 1. The van der Waals surface area contributed by atoms with E-state index in [1.165, 1.54) is 127 Å². The van der Waals surface area contributed by atoms with Crippen LogP contribution in [0.3, 0.4) is 0 Å². The highest BCUT2D eigenvalue weighted by atomic mass is 35.5. The lowest BCUT2D eigenvalue weighted by Crippen LogP contribution is -2.31. The van der Waals surface area contributed by atoms with Crippen molar-refractivity contribution >= 4 is 203 Å². The molecule has 25 nitrogen and oxygen atoms in total. The largest absolute Gasteiger partial charge is 0.549 e. The minimum absolute atomic E-state index is 0.0112. The molecule has 10 heterocycles. The summed E-state index contributed by atoms with van der Waals surface area (Å²) in [5, 5.41) is 55.7. The van der Waals surface area contributed by atoms with Crippen molar-refractivity contribution in [2.45, 2.75) is 195 Å². The van der Waals surface area contributed by atoms with Crippen LogP contribution in [0.1, 0.15) is 151 Å². The molecule has 35 heteroatoms. The number of anilines is 1. The topological polar surface area (TPSA) is 362 Å². The Morgan fingerprint density at radius 1 is 0.579 bits per heavy atom. The molecule has 0 saturated carbocycles. The molecule has 2 aliphatic rings. The summed E-state index contributed by atoms with van der Waals surface area (Å²) < 4.78 is 21.8. The number of amides is 1. The first-order valence-electron chi connectivity index (χ1n) is 45.6. The number of aryl methyl sites for hydroxylation is 6. The van der Waals surface area contributed by atoms with Crippen molar-refractivity contribution in [1.29, 1.82) is 0 Å². The number of unbranched alkanes of at least 4 members (excludes halogenated alkanes) is 2. The van der Waals surface area contributed by atoms with Crippen molar-refractivity contribution in [3.8, 4) is 45.7 Å². The van der Waals surface area contributed by atoms with Crippen LogP contribution >= 0.6 is 116 Å². The van der Waals surface area contributed by atoms with Crippen LogP contribution in [0.15, 0.2) is 216 Å². The Morgan fingerprint density at radius 3 is 1.81 bits per heavy atom. The molecule has 0 unspecified atom stereocenters. The maximum atomic E-state index is 12.8. The normalized spacial score (nSPS) is 12.5. The van der Waals surface area contributed by atoms with E-state index in [2.05, 4.69) is 96.0 Å². The molecule has 1 amide bonds. The van der Waals surface area contributed by atoms with Crippen LogP contribution in [-0.4, -0.2) is 120 Å². The Balaban J connectivity index is 0.000000140. The molecule has 0 saturated heterocycles. The van der Waals surface area contributed by atoms with Crippen LogP contribution in [0, 0.1) is 26.7 Å². The van der Waals surface area contributed by atoms with E-state index in [0.717, 1.165) is 152 Å². The highest BCUT2D eigenvalue weighted by molar-refractivity contribution is 8.00. The summed E-state index contributed by atoms with van der Waals surface area (Å²) in [5.41, 5.74) is 14.7. The second-order valence-electron chi connectivity index (χ2n) is 34.2. The smallest absolute Gasteiger partial charge is 0.303 e. The van der Waals surface area contributed by atoms with E-state index in [1.807, 2.05) is 138 Å². The number of benzene rings is 7. The highest BCUT2D eigenvalue weighted by Crippen LogP contribution is 2.45. The minimum Gasteiger partial charge on any atom is -0.549 e. The Kier molecular flexibility index (Phi) is 36.8. The van der Waals surface area contributed by atoms with Crippen LogP contribution in [0.2, 0.25) is 5.02 Å². The number of hydrogen-bond acceptors (Lipinski definition) is 30. The zero-order valence-electron chi connectivity index (χ0n) is 78.8. The summed E-state index contributed by atoms with van der Waals surface area (Å²) in [6.07, 6.45) is 9.41. The van der Waals surface area contributed by atoms with Gasteiger partial charge in [-0.1, -0.05) is 188 Å². The summed E-state index contributed by atoms with van der Waals surface area (Å²) in [7, 11) is 1.63. The molecule has 16 aromatic rings. The summed E-state index contributed by atoms with van der Waals surface area (Å²) in [5.74, 6) is 0.510. The number of thioether (sulfide) groups is 5. The standard InChI is InChI=1S/C26H23N3O3S.C23H26N2O4S2.C19H18N2O3S2.C19H22N2OS2.C18H17ClN2O3S2/c1-3-17-10-11-22-21(13-17)25(29-24(28-22)18-7-4-6-16(2)12-18)33-15-23(30)27-20-9-5-8-19(14-20)26(31)32;1-4-5-10-28-15-8-6-14(7-9-15)20-24-21(30-13-18(26)27)19-16-11-23(2,3)29-12-17(16)31-22(19)25-20;1-24-12-8-6-11(7-9-12)17-20-18(25-10-15(22)23)16-13-4-2-3-5-14(13)26-19(16)21-17;1-12(2)10-21-18(22)17-16(7-8-23-17)20-19(21)24-11-15-9-13(3)5-6-14(15)4;19-13-6-2-1-5-12(13)11-26-18-20-14-8-10-25-16(14)17(24)21(18)9-4-3-7-15(22)23/h4-14H,3,15H2,1-2H3,(H,27,30)(H,31,32);6-9H,4-5,10-13H2,1-3H3,(H,26,27);6-9H,2-5,10H2,1H3,(H,22,23);5-9,12H,10-11H2,1-4H3;1-2,5-6,8,10H,3-4,7,9,11H2,(H,22,23)/p-3. The maximum absolute atomic E-state index is 12.8. The Bertz CT molecular complexity index is 7310. The molecule has 7 aromatic carbocycles. The lowest BCUT2D eigenvalue weighted by molar-refractivity contribution is -0.302. The number of nitrogens with one attached hydrogen (secondary N) is 1. The first-order valence-corrected chi connectivity index (χ1v) is 54.3. The number of carboxylic acid groups (broad SMARTS) is 4. The number of thiophene rings is 4. The molecule has 0 spiro atoms. The van der Waals surface area contributed by atoms with Gasteiger partial charge >= 0.3 is 5.97 Å². The van der Waals surface area contributed by atoms with Gasteiger partial charge in [0.1, 0.15) is 45.6 Å². The molecule has 0 radical (unpaired) electrons. The molecule has 726 valence electrons. The van der Waals surface area contributed by atoms with E-state index >= 15 is 0 Å². The van der Waals surface area contributed by atoms with E-state index in [1.54, 1.807) is 58.2 Å². The summed E-state index contributed by atoms with van der Waals surface area (Å²) in [6.45, 7) is 21.3. The van der Waals surface area contributed by atoms with Crippen molar-refractivity contribution in [2.75, 3.05) is 36.3 Å². The number of rotatable bonds is 33. The van der Waals surface area contributed by atoms with Gasteiger partial charge < -0.3 is 54.3 Å². The van der Waals surface area contributed by atoms with Gasteiger partial charge in [0, 0.05) is 102 Å². The fourth-order valence-corrected chi connectivity index (χ4v) is 24.2. The molecule has 140 heavy (non-hydrogen) atoms. The second-order valence-corrected chi connectivity index (χ2v) is 43.4. The van der Waals surface area contributed by atoms with Crippen LogP contribution < -0.4 is 41.2 Å². The average molecular weight is 2070 g/mol. The van der Waals surface area contributed by atoms with Crippen molar-refractivity contribution < 1.29 is 58.6 Å². The predicted octanol–water partition coefficient (Wildman–Crippen LogP) is 21.3. The van der Waals surface area contributed by atoms with E-state index < -0.39 is 23.9 Å². The van der Waals surface area contributed by atoms with Crippen molar-refractivity contribution in [3.05, 3.63) is 266 Å². The lowest BCUT2D eigenvalue weighted by Gasteiger charge is -2.30. The van der Waals surface area contributed by atoms with Gasteiger partial charge in [-0.2, -0.15) is 0 Å². The fourth-order valence-electron chi connectivity index (χ4n) is 15.4. The average Bonchev–Trinajstić information content (AvgIpc) is 1.60. The molecule has 9 aromatic heterocycles. The predicted molar refractivity (Wildman–Crippen MR) is 563 cm³/mol. The molecular weight excluding hydrogens is 1960 g/mol. The first-order chi connectivity index (χ1) is 67.4. The van der Waals surface area contributed by atoms with Crippen LogP contribution in [-0.2, 0) is 80.8 Å². The van der Waals surface area contributed by atoms with E-state index in [9.17, 15) is 48.9 Å². The number of carbonyl (C=O) groups excluding carboxylic acids is 4. The number of aromatic carboxylic acids is 1. The number of carboxylic acids is 4. The molecule has 2 N–H and O–H groups in total. The molecule has 0 bridgehead atoms. The number of aliphatic carboxylic acids is 3. The van der Waals surface area contributed by atoms with Gasteiger partial charge in [0.2, 0.25) is 5.91 Å². The van der Waals surface area contributed by atoms with Crippen molar-refractivity contribution in [3.63, 3.8) is 0 Å². The number of aromatic nitrogens is 10. The summed E-state index contributed by atoms with van der Waals surface area (Å²) in [6, 6.07) is 53.3. The molecule has 18 rings (SSSR count). The zero-order valence-corrected chi connectivity index (χ0v) is 86.9. The number of nitrogens with zero attached hydrogens (tertiary/aromatic N) is 10. The van der Waals surface area contributed by atoms with Gasteiger partial charge in [0.05, 0.1) is 66.1 Å². The van der Waals surface area contributed by atoms with Crippen LogP contribution in [0.5, 0.6) is 11.5 Å². The monoisotopic (exact) mass is 2060 g/mol. The molecule has 1 aliphatic heterocycles. The van der Waals surface area contributed by atoms with Crippen molar-refractivity contribution in [1.82, 2.24) is 49.0 Å². The molecule has 0 fully saturated rings. The molecule has 0 atom stereocenters. The van der Waals surface area contributed by atoms with Gasteiger partial charge in [-0.15, -0.1) is 45.3 Å². The van der Waals surface area contributed by atoms with Gasteiger partial charge in [-0.05, 0) is 239 Å². The maximum Gasteiger partial charge on any atom is 0.303 e. The Labute approximate surface area is 852 Å².